The Morgan fingerprint density at radius 1 is 1.50 bits per heavy atom. The Balaban J connectivity index is 2.35. The molecule has 1 saturated heterocycles. The van der Waals surface area contributed by atoms with E-state index in [0.29, 0.717) is 12.8 Å². The number of hydrogen-bond acceptors (Lipinski definition) is 4. The molecule has 0 saturated carbocycles. The Labute approximate surface area is 85.5 Å². The second kappa shape index (κ2) is 3.61. The zero-order chi connectivity index (χ0) is 10.0. The first-order valence-electron chi connectivity index (χ1n) is 4.42. The summed E-state index contributed by atoms with van der Waals surface area (Å²) in [7, 11) is 0. The minimum Gasteiger partial charge on any atom is -0.479 e. The van der Waals surface area contributed by atoms with Crippen LogP contribution in [0, 0.1) is 0 Å². The number of aliphatic carboxylic acids is 1. The van der Waals surface area contributed by atoms with E-state index in [4.69, 9.17) is 0 Å². The van der Waals surface area contributed by atoms with Crippen LogP contribution >= 0.6 is 11.8 Å². The van der Waals surface area contributed by atoms with Gasteiger partial charge in [-0.3, -0.25) is 0 Å². The van der Waals surface area contributed by atoms with Crippen LogP contribution in [-0.2, 0) is 10.3 Å². The molecule has 1 aromatic rings. The zero-order valence-electron chi connectivity index (χ0n) is 7.59. The summed E-state index contributed by atoms with van der Waals surface area (Å²) in [4.78, 5) is 15.1. The highest BCUT2D eigenvalue weighted by Crippen LogP contribution is 2.33. The first-order chi connectivity index (χ1) is 6.76. The summed E-state index contributed by atoms with van der Waals surface area (Å²) in [6.07, 6.45) is 4.11. The van der Waals surface area contributed by atoms with Gasteiger partial charge in [0.25, 0.3) is 0 Å². The normalized spacial score (nSPS) is 20.6. The van der Waals surface area contributed by atoms with Gasteiger partial charge in [-0.2, -0.15) is 16.9 Å². The van der Waals surface area contributed by atoms with E-state index in [1.807, 2.05) is 0 Å². The molecule has 1 fully saturated rings. The lowest BCUT2D eigenvalue weighted by atomic mass is 9.93. The molecule has 76 valence electrons. The van der Waals surface area contributed by atoms with Crippen LogP contribution < -0.4 is 0 Å². The molecule has 2 rings (SSSR count). The van der Waals surface area contributed by atoms with Crippen molar-refractivity contribution < 1.29 is 9.90 Å². The molecule has 0 spiro atoms. The van der Waals surface area contributed by atoms with E-state index in [2.05, 4.69) is 10.1 Å². The molecule has 0 radical (unpaired) electrons. The number of carbonyl (C=O) groups is 1. The molecule has 6 heteroatoms. The van der Waals surface area contributed by atoms with Crippen molar-refractivity contribution in [1.82, 2.24) is 14.8 Å². The van der Waals surface area contributed by atoms with Crippen LogP contribution in [0.1, 0.15) is 12.8 Å². The van der Waals surface area contributed by atoms with Crippen LogP contribution in [0.3, 0.4) is 0 Å². The highest BCUT2D eigenvalue weighted by atomic mass is 32.2. The monoisotopic (exact) mass is 213 g/mol. The van der Waals surface area contributed by atoms with Gasteiger partial charge in [-0.15, -0.1) is 0 Å². The fourth-order valence-electron chi connectivity index (χ4n) is 1.68. The molecule has 1 aliphatic heterocycles. The van der Waals surface area contributed by atoms with E-state index in [9.17, 15) is 9.90 Å². The van der Waals surface area contributed by atoms with Crippen LogP contribution in [0.2, 0.25) is 0 Å². The van der Waals surface area contributed by atoms with Gasteiger partial charge in [0.1, 0.15) is 12.7 Å². The number of thioether (sulfide) groups is 1. The largest absolute Gasteiger partial charge is 0.479 e. The predicted octanol–water partition coefficient (Wildman–Crippen LogP) is 0.585. The minimum atomic E-state index is -0.859. The summed E-state index contributed by atoms with van der Waals surface area (Å²) in [6.45, 7) is 0. The molecule has 1 aromatic heterocycles. The molecule has 0 aromatic carbocycles. The van der Waals surface area contributed by atoms with E-state index in [1.54, 1.807) is 11.8 Å². The number of aromatic nitrogens is 3. The quantitative estimate of drug-likeness (QED) is 0.778. The molecular formula is C8H11N3O2S. The molecule has 0 bridgehead atoms. The fourth-order valence-corrected chi connectivity index (χ4v) is 2.85. The van der Waals surface area contributed by atoms with Crippen molar-refractivity contribution in [2.45, 2.75) is 18.4 Å². The highest BCUT2D eigenvalue weighted by Gasteiger charge is 2.42. The van der Waals surface area contributed by atoms with Gasteiger partial charge in [-0.05, 0) is 24.3 Å². The lowest BCUT2D eigenvalue weighted by Gasteiger charge is -2.32. The number of rotatable bonds is 2. The summed E-state index contributed by atoms with van der Waals surface area (Å²) < 4.78 is 1.48. The first kappa shape index (κ1) is 9.51. The van der Waals surface area contributed by atoms with Gasteiger partial charge in [0.15, 0.2) is 5.54 Å². The lowest BCUT2D eigenvalue weighted by Crippen LogP contribution is -2.45. The smallest absolute Gasteiger partial charge is 0.331 e. The van der Waals surface area contributed by atoms with Gasteiger partial charge >= 0.3 is 5.97 Å². The molecule has 2 heterocycles. The van der Waals surface area contributed by atoms with E-state index in [0.717, 1.165) is 11.5 Å². The number of carboxylic acids is 1. The zero-order valence-corrected chi connectivity index (χ0v) is 8.40. The molecule has 1 aliphatic rings. The van der Waals surface area contributed by atoms with Crippen LogP contribution in [0.5, 0.6) is 0 Å². The highest BCUT2D eigenvalue weighted by molar-refractivity contribution is 7.99. The van der Waals surface area contributed by atoms with Gasteiger partial charge in [-0.1, -0.05) is 0 Å². The van der Waals surface area contributed by atoms with E-state index in [-0.39, 0.29) is 0 Å². The Morgan fingerprint density at radius 3 is 2.71 bits per heavy atom. The molecule has 5 nitrogen and oxygen atoms in total. The minimum absolute atomic E-state index is 0.621. The first-order valence-corrected chi connectivity index (χ1v) is 5.57. The molecule has 1 N–H and O–H groups in total. The molecule has 0 atom stereocenters. The Morgan fingerprint density at radius 2 is 2.21 bits per heavy atom. The maximum Gasteiger partial charge on any atom is 0.331 e. The summed E-state index contributed by atoms with van der Waals surface area (Å²) in [6, 6.07) is 0. The summed E-state index contributed by atoms with van der Waals surface area (Å²) >= 11 is 1.79. The van der Waals surface area contributed by atoms with Crippen molar-refractivity contribution in [2.24, 2.45) is 0 Å². The third kappa shape index (κ3) is 1.39. The fraction of sp³-hybridized carbons (Fsp3) is 0.625. The molecular weight excluding hydrogens is 202 g/mol. The standard InChI is InChI=1S/C8H11N3O2S/c12-7(13)8(1-3-14-4-2-8)11-6-9-5-10-11/h5-6H,1-4H2,(H,12,13). The maximum atomic E-state index is 11.3. The molecule has 0 unspecified atom stereocenters. The second-order valence-corrected chi connectivity index (χ2v) is 4.51. The molecule has 14 heavy (non-hydrogen) atoms. The Kier molecular flexibility index (Phi) is 2.45. The van der Waals surface area contributed by atoms with Crippen molar-refractivity contribution in [1.29, 1.82) is 0 Å². The van der Waals surface area contributed by atoms with Crippen LogP contribution in [-0.4, -0.2) is 37.3 Å². The topological polar surface area (TPSA) is 68.0 Å². The van der Waals surface area contributed by atoms with Crippen molar-refractivity contribution in [3.8, 4) is 0 Å². The van der Waals surface area contributed by atoms with E-state index < -0.39 is 11.5 Å². The second-order valence-electron chi connectivity index (χ2n) is 3.29. The van der Waals surface area contributed by atoms with Crippen LogP contribution in [0.15, 0.2) is 12.7 Å². The van der Waals surface area contributed by atoms with Crippen molar-refractivity contribution in [3.05, 3.63) is 12.7 Å². The van der Waals surface area contributed by atoms with Crippen molar-refractivity contribution >= 4 is 17.7 Å². The average Bonchev–Trinajstić information content (AvgIpc) is 2.72. The predicted molar refractivity (Wildman–Crippen MR) is 52.2 cm³/mol. The molecule has 0 aliphatic carbocycles. The Hall–Kier alpha value is -1.04. The van der Waals surface area contributed by atoms with Gasteiger partial charge in [0.2, 0.25) is 0 Å². The summed E-state index contributed by atoms with van der Waals surface area (Å²) in [5.41, 5.74) is -0.859. The maximum absolute atomic E-state index is 11.3. The van der Waals surface area contributed by atoms with Gasteiger partial charge in [-0.25, -0.2) is 14.5 Å². The van der Waals surface area contributed by atoms with E-state index in [1.165, 1.54) is 17.3 Å². The van der Waals surface area contributed by atoms with E-state index >= 15 is 0 Å². The third-order valence-corrected chi connectivity index (χ3v) is 3.56. The van der Waals surface area contributed by atoms with Crippen molar-refractivity contribution in [2.75, 3.05) is 11.5 Å². The Bertz CT molecular complexity index is 319. The number of nitrogens with zero attached hydrogens (tertiary/aromatic N) is 3. The van der Waals surface area contributed by atoms with Crippen LogP contribution in [0.25, 0.3) is 0 Å². The van der Waals surface area contributed by atoms with Gasteiger partial charge in [0.05, 0.1) is 0 Å². The SMILES string of the molecule is O=C(O)C1(n2cncn2)CCSCC1. The third-order valence-electron chi connectivity index (χ3n) is 2.58. The summed E-state index contributed by atoms with van der Waals surface area (Å²) in [5, 5.41) is 13.2. The van der Waals surface area contributed by atoms with Crippen molar-refractivity contribution in [3.63, 3.8) is 0 Å². The lowest BCUT2D eigenvalue weighted by molar-refractivity contribution is -0.148. The van der Waals surface area contributed by atoms with Gasteiger partial charge in [0, 0.05) is 0 Å². The van der Waals surface area contributed by atoms with Crippen LogP contribution in [0.4, 0.5) is 0 Å². The van der Waals surface area contributed by atoms with Gasteiger partial charge < -0.3 is 5.11 Å². The number of carboxylic acid groups (broad SMARTS) is 1. The number of hydrogen-bond donors (Lipinski definition) is 1. The average molecular weight is 213 g/mol. The molecule has 0 amide bonds. The summed E-state index contributed by atoms with van der Waals surface area (Å²) in [5.74, 6) is 0.932.